The molecule has 0 radical (unpaired) electrons. The van der Waals surface area contributed by atoms with Crippen LogP contribution in [-0.2, 0) is 10.3 Å². The normalized spacial score (nSPS) is 29.5. The monoisotopic (exact) mass is 349 g/mol. The SMILES string of the molecule is CO[C@]1(C#CC(O)(c2ccccc2)c2cncnc2)CN2CCC1CC2. The molecule has 1 N–H and O–H groups in total. The van der Waals surface area contributed by atoms with Gasteiger partial charge in [0.15, 0.2) is 5.60 Å². The molecular weight excluding hydrogens is 326 g/mol. The molecule has 3 fully saturated rings. The zero-order valence-corrected chi connectivity index (χ0v) is 14.9. The number of rotatable bonds is 3. The Balaban J connectivity index is 1.79. The maximum Gasteiger partial charge on any atom is 0.179 e. The molecule has 134 valence electrons. The number of methoxy groups -OCH3 is 1. The molecular formula is C21H23N3O2. The molecule has 5 heteroatoms. The molecule has 3 aliphatic rings. The summed E-state index contributed by atoms with van der Waals surface area (Å²) in [5, 5.41) is 11.5. The highest BCUT2D eigenvalue weighted by molar-refractivity contribution is 5.44. The van der Waals surface area contributed by atoms with Crippen LogP contribution in [-0.4, -0.2) is 52.3 Å². The number of ether oxygens (including phenoxy) is 1. The van der Waals surface area contributed by atoms with Crippen molar-refractivity contribution in [2.45, 2.75) is 24.0 Å². The summed E-state index contributed by atoms with van der Waals surface area (Å²) >= 11 is 0. The van der Waals surface area contributed by atoms with E-state index in [1.54, 1.807) is 19.5 Å². The van der Waals surface area contributed by atoms with Gasteiger partial charge in [0.25, 0.3) is 0 Å². The van der Waals surface area contributed by atoms with Crippen LogP contribution >= 0.6 is 0 Å². The number of nitrogens with zero attached hydrogens (tertiary/aromatic N) is 3. The molecule has 0 aliphatic carbocycles. The summed E-state index contributed by atoms with van der Waals surface area (Å²) in [5.41, 5.74) is -0.740. The highest BCUT2D eigenvalue weighted by Gasteiger charge is 2.46. The van der Waals surface area contributed by atoms with E-state index in [0.29, 0.717) is 17.0 Å². The van der Waals surface area contributed by atoms with Gasteiger partial charge in [-0.1, -0.05) is 42.2 Å². The second-order valence-corrected chi connectivity index (χ2v) is 7.10. The third-order valence-corrected chi connectivity index (χ3v) is 5.69. The highest BCUT2D eigenvalue weighted by atomic mass is 16.5. The Labute approximate surface area is 154 Å². The van der Waals surface area contributed by atoms with Gasteiger partial charge in [-0.2, -0.15) is 0 Å². The van der Waals surface area contributed by atoms with Gasteiger partial charge in [-0.05, 0) is 25.9 Å². The Kier molecular flexibility index (Phi) is 4.49. The predicted molar refractivity (Wildman–Crippen MR) is 98.2 cm³/mol. The van der Waals surface area contributed by atoms with E-state index in [0.717, 1.165) is 32.5 Å². The number of hydrogen-bond acceptors (Lipinski definition) is 5. The van der Waals surface area contributed by atoms with Crippen molar-refractivity contribution >= 4 is 0 Å². The van der Waals surface area contributed by atoms with Crippen molar-refractivity contribution in [3.8, 4) is 11.8 Å². The quantitative estimate of drug-likeness (QED) is 0.857. The molecule has 2 aromatic rings. The fraction of sp³-hybridized carbons (Fsp3) is 0.429. The molecule has 3 saturated heterocycles. The maximum atomic E-state index is 11.5. The van der Waals surface area contributed by atoms with Gasteiger partial charge in [0.05, 0.1) is 0 Å². The lowest BCUT2D eigenvalue weighted by Gasteiger charge is -2.49. The third-order valence-electron chi connectivity index (χ3n) is 5.69. The molecule has 0 amide bonds. The molecule has 2 bridgehead atoms. The van der Waals surface area contributed by atoms with Crippen LogP contribution in [0.5, 0.6) is 0 Å². The van der Waals surface area contributed by atoms with E-state index in [4.69, 9.17) is 4.74 Å². The van der Waals surface area contributed by atoms with E-state index in [1.165, 1.54) is 6.33 Å². The number of aliphatic hydroxyl groups is 1. The number of piperidine rings is 3. The predicted octanol–water partition coefficient (Wildman–Crippen LogP) is 1.83. The Hall–Kier alpha value is -2.26. The molecule has 4 heterocycles. The minimum Gasteiger partial charge on any atom is -0.369 e. The van der Waals surface area contributed by atoms with Crippen LogP contribution in [0.15, 0.2) is 49.1 Å². The summed E-state index contributed by atoms with van der Waals surface area (Å²) in [5.74, 6) is 6.88. The number of hydrogen-bond donors (Lipinski definition) is 1. The molecule has 26 heavy (non-hydrogen) atoms. The van der Waals surface area contributed by atoms with Crippen molar-refractivity contribution in [1.82, 2.24) is 14.9 Å². The van der Waals surface area contributed by atoms with E-state index in [1.807, 2.05) is 30.3 Å². The topological polar surface area (TPSA) is 58.5 Å². The lowest BCUT2D eigenvalue weighted by atomic mass is 9.75. The highest BCUT2D eigenvalue weighted by Crippen LogP contribution is 2.38. The zero-order chi connectivity index (χ0) is 18.0. The van der Waals surface area contributed by atoms with Crippen molar-refractivity contribution in [3.05, 3.63) is 60.2 Å². The smallest absolute Gasteiger partial charge is 0.179 e. The van der Waals surface area contributed by atoms with Gasteiger partial charge < -0.3 is 9.84 Å². The summed E-state index contributed by atoms with van der Waals surface area (Å²) in [6.45, 7) is 3.00. The van der Waals surface area contributed by atoms with Crippen LogP contribution in [0.3, 0.4) is 0 Å². The first kappa shape index (κ1) is 17.2. The molecule has 2 atom stereocenters. The minimum absolute atomic E-state index is 0.400. The van der Waals surface area contributed by atoms with E-state index >= 15 is 0 Å². The Bertz CT molecular complexity index is 768. The molecule has 5 nitrogen and oxygen atoms in total. The largest absolute Gasteiger partial charge is 0.369 e. The Morgan fingerprint density at radius 2 is 1.85 bits per heavy atom. The number of benzene rings is 1. The minimum atomic E-state index is -1.47. The second kappa shape index (κ2) is 6.81. The van der Waals surface area contributed by atoms with Crippen molar-refractivity contribution < 1.29 is 9.84 Å². The van der Waals surface area contributed by atoms with Gasteiger partial charge in [0.1, 0.15) is 11.9 Å². The molecule has 3 aliphatic heterocycles. The van der Waals surface area contributed by atoms with Crippen LogP contribution in [0, 0.1) is 17.8 Å². The number of fused-ring (bicyclic) bond motifs is 3. The Morgan fingerprint density at radius 3 is 2.42 bits per heavy atom. The Morgan fingerprint density at radius 1 is 1.15 bits per heavy atom. The average Bonchev–Trinajstić information content (AvgIpc) is 2.74. The summed E-state index contributed by atoms with van der Waals surface area (Å²) in [6, 6.07) is 9.45. The summed E-state index contributed by atoms with van der Waals surface area (Å²) in [6.07, 6.45) is 6.85. The van der Waals surface area contributed by atoms with Crippen molar-refractivity contribution in [2.75, 3.05) is 26.7 Å². The van der Waals surface area contributed by atoms with Gasteiger partial charge in [-0.25, -0.2) is 9.97 Å². The molecule has 5 rings (SSSR count). The van der Waals surface area contributed by atoms with Crippen molar-refractivity contribution in [2.24, 2.45) is 5.92 Å². The second-order valence-electron chi connectivity index (χ2n) is 7.10. The summed E-state index contributed by atoms with van der Waals surface area (Å²) in [7, 11) is 1.73. The van der Waals surface area contributed by atoms with Gasteiger partial charge in [0, 0.05) is 43.1 Å². The average molecular weight is 349 g/mol. The van der Waals surface area contributed by atoms with E-state index in [2.05, 4.69) is 26.7 Å². The first-order valence-electron chi connectivity index (χ1n) is 9.01. The van der Waals surface area contributed by atoms with Crippen LogP contribution in [0.2, 0.25) is 0 Å². The zero-order valence-electron chi connectivity index (χ0n) is 14.9. The van der Waals surface area contributed by atoms with Gasteiger partial charge in [-0.15, -0.1) is 0 Å². The van der Waals surface area contributed by atoms with Crippen LogP contribution in [0.1, 0.15) is 24.0 Å². The molecule has 1 aromatic carbocycles. The van der Waals surface area contributed by atoms with Crippen LogP contribution in [0.25, 0.3) is 0 Å². The summed E-state index contributed by atoms with van der Waals surface area (Å²) in [4.78, 5) is 10.5. The lowest BCUT2D eigenvalue weighted by molar-refractivity contribution is -0.0964. The standard InChI is InChI=1S/C21H23N3O2/c1-26-20(15-24-11-7-17(20)8-12-24)9-10-21(25,18-5-3-2-4-6-18)19-13-22-16-23-14-19/h2-6,13-14,16-17,25H,7-8,11-12,15H2,1H3/t20-,21?/m1/s1. The van der Waals surface area contributed by atoms with Crippen molar-refractivity contribution in [3.63, 3.8) is 0 Å². The molecule has 1 aromatic heterocycles. The van der Waals surface area contributed by atoms with Gasteiger partial charge >= 0.3 is 0 Å². The lowest BCUT2D eigenvalue weighted by Crippen LogP contribution is -2.59. The fourth-order valence-corrected chi connectivity index (χ4v) is 4.12. The number of aromatic nitrogens is 2. The maximum absolute atomic E-state index is 11.5. The molecule has 0 spiro atoms. The van der Waals surface area contributed by atoms with Gasteiger partial charge in [-0.3, -0.25) is 4.90 Å². The third kappa shape index (κ3) is 2.90. The van der Waals surface area contributed by atoms with Crippen LogP contribution in [0.4, 0.5) is 0 Å². The van der Waals surface area contributed by atoms with E-state index in [9.17, 15) is 5.11 Å². The molecule has 1 unspecified atom stereocenters. The fourth-order valence-electron chi connectivity index (χ4n) is 4.12. The summed E-state index contributed by atoms with van der Waals surface area (Å²) < 4.78 is 5.92. The van der Waals surface area contributed by atoms with E-state index in [-0.39, 0.29) is 0 Å². The van der Waals surface area contributed by atoms with Crippen molar-refractivity contribution in [1.29, 1.82) is 0 Å². The van der Waals surface area contributed by atoms with Gasteiger partial charge in [0.2, 0.25) is 0 Å². The first-order chi connectivity index (χ1) is 12.7. The first-order valence-corrected chi connectivity index (χ1v) is 9.01. The van der Waals surface area contributed by atoms with E-state index < -0.39 is 11.2 Å². The van der Waals surface area contributed by atoms with Crippen LogP contribution < -0.4 is 0 Å². The molecule has 0 saturated carbocycles.